The molecule has 1 aliphatic carbocycles. The van der Waals surface area contributed by atoms with E-state index in [0.717, 1.165) is 18.8 Å². The summed E-state index contributed by atoms with van der Waals surface area (Å²) in [7, 11) is 0. The lowest BCUT2D eigenvalue weighted by molar-refractivity contribution is 0.264. The zero-order chi connectivity index (χ0) is 14.5. The lowest BCUT2D eigenvalue weighted by Gasteiger charge is -2.31. The molecule has 20 heavy (non-hydrogen) atoms. The largest absolute Gasteiger partial charge is 0.307 e. The van der Waals surface area contributed by atoms with Gasteiger partial charge in [-0.1, -0.05) is 25.8 Å². The summed E-state index contributed by atoms with van der Waals surface area (Å²) >= 11 is 0. The normalized spacial score (nSPS) is 24.6. The van der Waals surface area contributed by atoms with Gasteiger partial charge in [-0.3, -0.25) is 0 Å². The van der Waals surface area contributed by atoms with Crippen LogP contribution in [0.25, 0.3) is 0 Å². The minimum atomic E-state index is -0.454. The molecule has 1 aromatic carbocycles. The molecule has 0 saturated heterocycles. The van der Waals surface area contributed by atoms with Crippen LogP contribution in [0.4, 0.5) is 8.78 Å². The van der Waals surface area contributed by atoms with Crippen LogP contribution in [0, 0.1) is 17.6 Å². The molecule has 112 valence electrons. The smallest absolute Gasteiger partial charge is 0.130 e. The first kappa shape index (κ1) is 15.4. The van der Waals surface area contributed by atoms with Crippen LogP contribution in [-0.2, 0) is 0 Å². The predicted octanol–water partition coefficient (Wildman–Crippen LogP) is 4.97. The van der Waals surface area contributed by atoms with E-state index in [1.54, 1.807) is 0 Å². The van der Waals surface area contributed by atoms with Crippen LogP contribution in [-0.4, -0.2) is 6.04 Å². The Morgan fingerprint density at radius 1 is 1.15 bits per heavy atom. The highest BCUT2D eigenvalue weighted by molar-refractivity contribution is 5.22. The van der Waals surface area contributed by atoms with Crippen molar-refractivity contribution in [1.82, 2.24) is 5.32 Å². The Hall–Kier alpha value is -0.960. The predicted molar refractivity (Wildman–Crippen MR) is 78.6 cm³/mol. The Labute approximate surface area is 120 Å². The van der Waals surface area contributed by atoms with Gasteiger partial charge in [0.1, 0.15) is 11.6 Å². The first-order valence-electron chi connectivity index (χ1n) is 7.81. The molecule has 0 aromatic heterocycles. The molecule has 1 aliphatic rings. The fraction of sp³-hybridized carbons (Fsp3) is 0.647. The second-order valence-corrected chi connectivity index (χ2v) is 6.03. The maximum atomic E-state index is 13.7. The third kappa shape index (κ3) is 3.78. The molecule has 0 heterocycles. The number of halogens is 2. The van der Waals surface area contributed by atoms with E-state index in [-0.39, 0.29) is 11.6 Å². The van der Waals surface area contributed by atoms with Gasteiger partial charge in [-0.05, 0) is 50.7 Å². The molecule has 0 bridgehead atoms. The fourth-order valence-corrected chi connectivity index (χ4v) is 3.39. The van der Waals surface area contributed by atoms with E-state index in [0.29, 0.717) is 6.04 Å². The number of benzene rings is 1. The Balaban J connectivity index is 1.91. The maximum absolute atomic E-state index is 13.7. The van der Waals surface area contributed by atoms with E-state index in [1.807, 2.05) is 6.92 Å². The van der Waals surface area contributed by atoms with Crippen LogP contribution in [0.15, 0.2) is 18.2 Å². The number of hydrogen-bond donors (Lipinski definition) is 1. The van der Waals surface area contributed by atoms with Crippen LogP contribution in [0.5, 0.6) is 0 Å². The molecule has 1 nitrogen and oxygen atoms in total. The van der Waals surface area contributed by atoms with Crippen molar-refractivity contribution in [3.8, 4) is 0 Å². The van der Waals surface area contributed by atoms with Gasteiger partial charge in [0.05, 0.1) is 0 Å². The highest BCUT2D eigenvalue weighted by Crippen LogP contribution is 2.29. The van der Waals surface area contributed by atoms with Crippen LogP contribution >= 0.6 is 0 Å². The van der Waals surface area contributed by atoms with Crippen molar-refractivity contribution in [2.24, 2.45) is 5.92 Å². The van der Waals surface area contributed by atoms with Crippen LogP contribution in [0.1, 0.15) is 64.0 Å². The first-order chi connectivity index (χ1) is 9.61. The lowest BCUT2D eigenvalue weighted by atomic mass is 9.83. The molecular weight excluding hydrogens is 256 g/mol. The summed E-state index contributed by atoms with van der Waals surface area (Å²) in [6.45, 7) is 4.08. The Kier molecular flexibility index (Phi) is 5.53. The molecule has 0 radical (unpaired) electrons. The van der Waals surface area contributed by atoms with E-state index in [9.17, 15) is 8.78 Å². The number of nitrogens with one attached hydrogen (secondary N) is 1. The maximum Gasteiger partial charge on any atom is 0.130 e. The lowest BCUT2D eigenvalue weighted by Crippen LogP contribution is -2.35. The van der Waals surface area contributed by atoms with Crippen molar-refractivity contribution in [2.45, 2.75) is 64.5 Å². The van der Waals surface area contributed by atoms with Gasteiger partial charge in [-0.2, -0.15) is 0 Å². The van der Waals surface area contributed by atoms with E-state index < -0.39 is 11.6 Å². The fourth-order valence-electron chi connectivity index (χ4n) is 3.39. The monoisotopic (exact) mass is 281 g/mol. The van der Waals surface area contributed by atoms with E-state index in [4.69, 9.17) is 0 Å². The highest BCUT2D eigenvalue weighted by Gasteiger charge is 2.24. The molecule has 2 rings (SSSR count). The molecule has 1 atom stereocenters. The Morgan fingerprint density at radius 3 is 2.30 bits per heavy atom. The van der Waals surface area contributed by atoms with E-state index in [2.05, 4.69) is 12.2 Å². The Bertz CT molecular complexity index is 405. The quantitative estimate of drug-likeness (QED) is 0.803. The zero-order valence-electron chi connectivity index (χ0n) is 12.5. The standard InChI is InChI=1S/C17H25F2N/c1-3-5-13-8-10-14(11-9-13)20-12(2)17-15(18)6-4-7-16(17)19/h4,6-7,12-14,20H,3,5,8-11H2,1-2H3. The molecule has 1 saturated carbocycles. The minimum Gasteiger partial charge on any atom is -0.307 e. The molecule has 0 spiro atoms. The molecule has 0 amide bonds. The SMILES string of the molecule is CCCC1CCC(NC(C)c2c(F)cccc2F)CC1. The first-order valence-corrected chi connectivity index (χ1v) is 7.81. The third-order valence-electron chi connectivity index (χ3n) is 4.46. The summed E-state index contributed by atoms with van der Waals surface area (Å²) in [6, 6.07) is 4.18. The van der Waals surface area contributed by atoms with Crippen molar-refractivity contribution < 1.29 is 8.78 Å². The van der Waals surface area contributed by atoms with E-state index >= 15 is 0 Å². The molecule has 1 unspecified atom stereocenters. The third-order valence-corrected chi connectivity index (χ3v) is 4.46. The molecule has 0 aliphatic heterocycles. The minimum absolute atomic E-state index is 0.170. The van der Waals surface area contributed by atoms with Gasteiger partial charge in [0, 0.05) is 17.6 Å². The summed E-state index contributed by atoms with van der Waals surface area (Å²) in [5.74, 6) is -0.0621. The summed E-state index contributed by atoms with van der Waals surface area (Å²) in [5.41, 5.74) is 0.170. The summed E-state index contributed by atoms with van der Waals surface area (Å²) < 4.78 is 27.5. The second-order valence-electron chi connectivity index (χ2n) is 6.03. The van der Waals surface area contributed by atoms with Crippen LogP contribution in [0.3, 0.4) is 0 Å². The van der Waals surface area contributed by atoms with Crippen molar-refractivity contribution in [1.29, 1.82) is 0 Å². The van der Waals surface area contributed by atoms with Crippen LogP contribution in [0.2, 0.25) is 0 Å². The summed E-state index contributed by atoms with van der Waals surface area (Å²) in [4.78, 5) is 0. The number of rotatable bonds is 5. The van der Waals surface area contributed by atoms with Crippen LogP contribution < -0.4 is 5.32 Å². The summed E-state index contributed by atoms with van der Waals surface area (Å²) in [6.07, 6.45) is 7.26. The Morgan fingerprint density at radius 2 is 1.75 bits per heavy atom. The molecular formula is C17H25F2N. The average Bonchev–Trinajstić information content (AvgIpc) is 2.41. The summed E-state index contributed by atoms with van der Waals surface area (Å²) in [5, 5.41) is 3.40. The van der Waals surface area contributed by atoms with Gasteiger partial charge in [0.15, 0.2) is 0 Å². The van der Waals surface area contributed by atoms with Gasteiger partial charge in [-0.25, -0.2) is 8.78 Å². The highest BCUT2D eigenvalue weighted by atomic mass is 19.1. The average molecular weight is 281 g/mol. The topological polar surface area (TPSA) is 12.0 Å². The molecule has 1 N–H and O–H groups in total. The van der Waals surface area contributed by atoms with Crippen molar-refractivity contribution >= 4 is 0 Å². The molecule has 1 fully saturated rings. The van der Waals surface area contributed by atoms with Gasteiger partial charge in [0.2, 0.25) is 0 Å². The van der Waals surface area contributed by atoms with Crippen molar-refractivity contribution in [2.75, 3.05) is 0 Å². The van der Waals surface area contributed by atoms with Gasteiger partial charge >= 0.3 is 0 Å². The van der Waals surface area contributed by atoms with Crippen molar-refractivity contribution in [3.05, 3.63) is 35.4 Å². The second kappa shape index (κ2) is 7.16. The van der Waals surface area contributed by atoms with Crippen molar-refractivity contribution in [3.63, 3.8) is 0 Å². The molecule has 1 aromatic rings. The zero-order valence-corrected chi connectivity index (χ0v) is 12.5. The van der Waals surface area contributed by atoms with Gasteiger partial charge < -0.3 is 5.32 Å². The van der Waals surface area contributed by atoms with Gasteiger partial charge in [0.25, 0.3) is 0 Å². The molecule has 3 heteroatoms. The van der Waals surface area contributed by atoms with Gasteiger partial charge in [-0.15, -0.1) is 0 Å². The van der Waals surface area contributed by atoms with E-state index in [1.165, 1.54) is 43.9 Å². The number of hydrogen-bond acceptors (Lipinski definition) is 1.